The minimum atomic E-state index is -0.502. The van der Waals surface area contributed by atoms with Gasteiger partial charge >= 0.3 is 5.97 Å². The minimum absolute atomic E-state index is 0.161. The maximum absolute atomic E-state index is 12.3. The monoisotopic (exact) mass is 513 g/mol. The lowest BCUT2D eigenvalue weighted by Gasteiger charge is -2.26. The number of nitrogens with one attached hydrogen (secondary N) is 1. The third-order valence-corrected chi connectivity index (χ3v) is 6.15. The number of carbonyl (C=O) groups excluding carboxylic acids is 2. The zero-order valence-corrected chi connectivity index (χ0v) is 21.9. The number of ether oxygens (including phenoxy) is 3. The quantitative estimate of drug-likeness (QED) is 0.293. The molecule has 1 aliphatic heterocycles. The summed E-state index contributed by atoms with van der Waals surface area (Å²) in [5, 5.41) is 11.8. The highest BCUT2D eigenvalue weighted by Crippen LogP contribution is 2.23. The van der Waals surface area contributed by atoms with Crippen LogP contribution in [0.2, 0.25) is 0 Å². The number of benzene rings is 2. The predicted molar refractivity (Wildman–Crippen MR) is 141 cm³/mol. The first-order chi connectivity index (χ1) is 18.0. The molecule has 0 spiro atoms. The topological polar surface area (TPSA) is 101 Å². The fraction of sp³-hybridized carbons (Fsp3) is 0.500. The normalized spacial score (nSPS) is 14.7. The summed E-state index contributed by atoms with van der Waals surface area (Å²) < 4.78 is 16.2. The van der Waals surface area contributed by atoms with Crippen LogP contribution in [0.1, 0.15) is 50.3 Å². The van der Waals surface area contributed by atoms with Crippen LogP contribution in [0.25, 0.3) is 0 Å². The molecular weight excluding hydrogens is 474 g/mol. The number of hydrogen-bond donors (Lipinski definition) is 2. The molecule has 1 atom stereocenters. The van der Waals surface area contributed by atoms with Crippen molar-refractivity contribution in [2.45, 2.75) is 45.8 Å². The van der Waals surface area contributed by atoms with Crippen molar-refractivity contribution in [3.63, 3.8) is 0 Å². The van der Waals surface area contributed by atoms with Crippen molar-refractivity contribution < 1.29 is 28.9 Å². The molecule has 0 radical (unpaired) electrons. The van der Waals surface area contributed by atoms with Crippen molar-refractivity contribution in [3.8, 4) is 5.75 Å². The highest BCUT2D eigenvalue weighted by Gasteiger charge is 2.14. The van der Waals surface area contributed by atoms with Gasteiger partial charge in [0.2, 0.25) is 5.91 Å². The maximum atomic E-state index is 12.3. The first kappa shape index (κ1) is 28.6. The van der Waals surface area contributed by atoms with E-state index in [9.17, 15) is 14.7 Å². The summed E-state index contributed by atoms with van der Waals surface area (Å²) in [6.07, 6.45) is 2.21. The largest absolute Gasteiger partial charge is 0.482 e. The third-order valence-electron chi connectivity index (χ3n) is 6.15. The van der Waals surface area contributed by atoms with Crippen LogP contribution in [0.4, 0.5) is 5.69 Å². The Morgan fingerprint density at radius 1 is 1.16 bits per heavy atom. The van der Waals surface area contributed by atoms with E-state index in [-0.39, 0.29) is 12.5 Å². The van der Waals surface area contributed by atoms with Gasteiger partial charge in [-0.25, -0.2) is 15.2 Å². The van der Waals surface area contributed by atoms with Crippen LogP contribution < -0.4 is 15.2 Å². The number of nitrogens with zero attached hydrogens (tertiary/aromatic N) is 2. The fourth-order valence-electron chi connectivity index (χ4n) is 4.01. The smallest absolute Gasteiger partial charge is 0.344 e. The van der Waals surface area contributed by atoms with Crippen LogP contribution in [0.3, 0.4) is 0 Å². The molecule has 1 aliphatic rings. The van der Waals surface area contributed by atoms with E-state index in [1.165, 1.54) is 11.9 Å². The molecule has 9 nitrogen and oxygen atoms in total. The number of amides is 1. The average molecular weight is 514 g/mol. The number of hydrogen-bond acceptors (Lipinski definition) is 8. The van der Waals surface area contributed by atoms with E-state index in [1.54, 1.807) is 6.07 Å². The van der Waals surface area contributed by atoms with Crippen LogP contribution in [-0.4, -0.2) is 67.9 Å². The molecule has 1 unspecified atom stereocenters. The van der Waals surface area contributed by atoms with Crippen LogP contribution in [0.5, 0.6) is 5.75 Å². The van der Waals surface area contributed by atoms with Gasteiger partial charge in [-0.3, -0.25) is 9.69 Å². The number of unbranched alkanes of at least 4 members (excludes halogenated alkanes) is 1. The van der Waals surface area contributed by atoms with Gasteiger partial charge in [-0.05, 0) is 41.8 Å². The van der Waals surface area contributed by atoms with Crippen molar-refractivity contribution in [3.05, 3.63) is 59.7 Å². The Bertz CT molecular complexity index is 978. The van der Waals surface area contributed by atoms with E-state index in [0.29, 0.717) is 44.3 Å². The van der Waals surface area contributed by atoms with Gasteiger partial charge in [0, 0.05) is 33.1 Å². The van der Waals surface area contributed by atoms with Gasteiger partial charge in [-0.2, -0.15) is 0 Å². The van der Waals surface area contributed by atoms with Gasteiger partial charge in [0.1, 0.15) is 12.4 Å². The van der Waals surface area contributed by atoms with Crippen LogP contribution in [0.15, 0.2) is 48.5 Å². The average Bonchev–Trinajstić information content (AvgIpc) is 2.91. The summed E-state index contributed by atoms with van der Waals surface area (Å²) in [7, 11) is 0. The zero-order chi connectivity index (χ0) is 26.5. The van der Waals surface area contributed by atoms with E-state index in [1.807, 2.05) is 42.5 Å². The molecule has 9 heteroatoms. The number of aliphatic hydroxyl groups excluding tert-OH is 1. The Hall–Kier alpha value is -2.98. The standard InChI is InChI=1S/C28H39N3O6/c1-3-4-8-27(33)24-9-11-25(12-10-24)31(22(2)32)29-20-23-6-5-7-26(19-23)37-21-28(34)36-18-15-30-13-16-35-17-14-30/h5-7,9-12,19,27,29,33H,3-4,8,13-18,20-21H2,1-2H3. The highest BCUT2D eigenvalue weighted by atomic mass is 16.6. The second kappa shape index (κ2) is 15.3. The Balaban J connectivity index is 1.46. The van der Waals surface area contributed by atoms with Gasteiger partial charge in [-0.15, -0.1) is 0 Å². The second-order valence-electron chi connectivity index (χ2n) is 9.05. The SMILES string of the molecule is CCCCC(O)c1ccc(N(NCc2cccc(OCC(=O)OCCN3CCOCC3)c2)C(C)=O)cc1. The van der Waals surface area contributed by atoms with Gasteiger partial charge in [-0.1, -0.05) is 44.0 Å². The van der Waals surface area contributed by atoms with E-state index in [4.69, 9.17) is 14.2 Å². The summed E-state index contributed by atoms with van der Waals surface area (Å²) in [5.41, 5.74) is 5.56. The van der Waals surface area contributed by atoms with E-state index in [0.717, 1.165) is 43.5 Å². The molecule has 0 aliphatic carbocycles. The van der Waals surface area contributed by atoms with E-state index in [2.05, 4.69) is 17.2 Å². The van der Waals surface area contributed by atoms with Crippen molar-refractivity contribution in [1.29, 1.82) is 0 Å². The molecule has 1 fully saturated rings. The Kier molecular flexibility index (Phi) is 11.8. The van der Waals surface area contributed by atoms with Gasteiger partial charge in [0.25, 0.3) is 0 Å². The lowest BCUT2D eigenvalue weighted by molar-refractivity contribution is -0.146. The molecule has 2 aromatic rings. The van der Waals surface area contributed by atoms with Crippen molar-refractivity contribution >= 4 is 17.6 Å². The third kappa shape index (κ3) is 9.77. The molecule has 3 rings (SSSR count). The summed E-state index contributed by atoms with van der Waals surface area (Å²) in [5.74, 6) is -0.0291. The van der Waals surface area contributed by atoms with Gasteiger partial charge in [0.15, 0.2) is 6.61 Å². The highest BCUT2D eigenvalue weighted by molar-refractivity contribution is 5.90. The molecule has 1 amide bonds. The Morgan fingerprint density at radius 3 is 2.62 bits per heavy atom. The molecular formula is C28H39N3O6. The Morgan fingerprint density at radius 2 is 1.92 bits per heavy atom. The number of anilines is 1. The fourth-order valence-corrected chi connectivity index (χ4v) is 4.01. The molecule has 2 N–H and O–H groups in total. The Labute approximate surface area is 219 Å². The maximum Gasteiger partial charge on any atom is 0.344 e. The van der Waals surface area contributed by atoms with Crippen molar-refractivity contribution in [2.75, 3.05) is 51.1 Å². The minimum Gasteiger partial charge on any atom is -0.482 e. The molecule has 0 saturated carbocycles. The lowest BCUT2D eigenvalue weighted by Crippen LogP contribution is -2.41. The van der Waals surface area contributed by atoms with E-state index >= 15 is 0 Å². The first-order valence-electron chi connectivity index (χ1n) is 13.0. The summed E-state index contributed by atoms with van der Waals surface area (Å²) in [6.45, 7) is 7.92. The number of aliphatic hydroxyl groups is 1. The summed E-state index contributed by atoms with van der Waals surface area (Å²) in [4.78, 5) is 26.5. The first-order valence-corrected chi connectivity index (χ1v) is 13.0. The van der Waals surface area contributed by atoms with Gasteiger partial charge in [0.05, 0.1) is 25.0 Å². The molecule has 1 saturated heterocycles. The van der Waals surface area contributed by atoms with Crippen LogP contribution >= 0.6 is 0 Å². The van der Waals surface area contributed by atoms with Crippen molar-refractivity contribution in [2.24, 2.45) is 0 Å². The molecule has 2 aromatic carbocycles. The number of rotatable bonds is 14. The number of carbonyl (C=O) groups is 2. The molecule has 1 heterocycles. The predicted octanol–water partition coefficient (Wildman–Crippen LogP) is 3.22. The van der Waals surface area contributed by atoms with E-state index < -0.39 is 12.1 Å². The molecule has 202 valence electrons. The summed E-state index contributed by atoms with van der Waals surface area (Å²) >= 11 is 0. The lowest BCUT2D eigenvalue weighted by atomic mass is 10.0. The molecule has 37 heavy (non-hydrogen) atoms. The second-order valence-corrected chi connectivity index (χ2v) is 9.05. The number of hydrazine groups is 1. The molecule has 0 bridgehead atoms. The number of esters is 1. The van der Waals surface area contributed by atoms with Crippen molar-refractivity contribution in [1.82, 2.24) is 10.3 Å². The van der Waals surface area contributed by atoms with Gasteiger partial charge < -0.3 is 19.3 Å². The van der Waals surface area contributed by atoms with Crippen LogP contribution in [-0.2, 0) is 25.6 Å². The van der Waals surface area contributed by atoms with Crippen LogP contribution in [0, 0.1) is 0 Å². The molecule has 0 aromatic heterocycles. The zero-order valence-electron chi connectivity index (χ0n) is 21.9. The summed E-state index contributed by atoms with van der Waals surface area (Å²) in [6, 6.07) is 14.7. The number of morpholine rings is 1.